The fraction of sp³-hybridized carbons (Fsp3) is 0.867. The van der Waals surface area contributed by atoms with Crippen molar-refractivity contribution in [3.63, 3.8) is 0 Å². The normalized spacial score (nSPS) is 15.8. The number of carbonyl (C=O) groups excluding carboxylic acids is 2. The lowest BCUT2D eigenvalue weighted by Gasteiger charge is -2.22. The third-order valence-electron chi connectivity index (χ3n) is 3.76. The van der Waals surface area contributed by atoms with Gasteiger partial charge in [-0.2, -0.15) is 0 Å². The Labute approximate surface area is 116 Å². The van der Waals surface area contributed by atoms with Crippen molar-refractivity contribution in [2.45, 2.75) is 65.3 Å². The zero-order chi connectivity index (χ0) is 14.3. The summed E-state index contributed by atoms with van der Waals surface area (Å²) in [6.07, 6.45) is 6.75. The maximum absolute atomic E-state index is 12.1. The second kappa shape index (κ2) is 8.18. The van der Waals surface area contributed by atoms with Crippen LogP contribution >= 0.6 is 0 Å². The van der Waals surface area contributed by atoms with Crippen LogP contribution in [0.15, 0.2) is 0 Å². The molecule has 1 N–H and O–H groups in total. The zero-order valence-electron chi connectivity index (χ0n) is 12.6. The Morgan fingerprint density at radius 1 is 1.26 bits per heavy atom. The summed E-state index contributed by atoms with van der Waals surface area (Å²) in [6, 6.07) is 0.125. The molecule has 1 rings (SSSR count). The minimum atomic E-state index is -0.0638. The van der Waals surface area contributed by atoms with Crippen LogP contribution < -0.4 is 5.32 Å². The highest BCUT2D eigenvalue weighted by molar-refractivity contribution is 5.84. The van der Waals surface area contributed by atoms with Crippen LogP contribution in [-0.4, -0.2) is 35.8 Å². The first-order valence-electron chi connectivity index (χ1n) is 7.60. The highest BCUT2D eigenvalue weighted by Gasteiger charge is 2.19. The molecular weight excluding hydrogens is 240 g/mol. The van der Waals surface area contributed by atoms with Gasteiger partial charge in [-0.1, -0.05) is 25.7 Å². The van der Waals surface area contributed by atoms with Crippen molar-refractivity contribution in [2.75, 3.05) is 13.1 Å². The predicted octanol–water partition coefficient (Wildman–Crippen LogP) is 2.33. The summed E-state index contributed by atoms with van der Waals surface area (Å²) in [4.78, 5) is 25.4. The number of hydrogen-bond acceptors (Lipinski definition) is 2. The van der Waals surface area contributed by atoms with E-state index in [1.807, 2.05) is 20.8 Å². The molecule has 0 aromatic rings. The van der Waals surface area contributed by atoms with Crippen LogP contribution in [0.25, 0.3) is 0 Å². The molecule has 0 aliphatic heterocycles. The van der Waals surface area contributed by atoms with Crippen molar-refractivity contribution in [3.05, 3.63) is 0 Å². The van der Waals surface area contributed by atoms with Crippen LogP contribution in [0.2, 0.25) is 0 Å². The average Bonchev–Trinajstić information content (AvgIpc) is 2.85. The third kappa shape index (κ3) is 6.08. The Hall–Kier alpha value is -1.06. The molecule has 1 saturated carbocycles. The Balaban J connectivity index is 2.31. The molecule has 2 amide bonds. The summed E-state index contributed by atoms with van der Waals surface area (Å²) >= 11 is 0. The highest BCUT2D eigenvalue weighted by atomic mass is 16.2. The van der Waals surface area contributed by atoms with Crippen molar-refractivity contribution in [3.8, 4) is 0 Å². The van der Waals surface area contributed by atoms with Crippen molar-refractivity contribution >= 4 is 11.8 Å². The first-order chi connectivity index (χ1) is 9.02. The third-order valence-corrected chi connectivity index (χ3v) is 3.76. The number of rotatable bonds is 7. The molecule has 1 aliphatic rings. The van der Waals surface area contributed by atoms with E-state index >= 15 is 0 Å². The largest absolute Gasteiger partial charge is 0.352 e. The van der Waals surface area contributed by atoms with E-state index in [1.165, 1.54) is 25.7 Å². The van der Waals surface area contributed by atoms with E-state index < -0.39 is 0 Å². The van der Waals surface area contributed by atoms with Crippen molar-refractivity contribution in [1.82, 2.24) is 10.2 Å². The van der Waals surface area contributed by atoms with E-state index in [4.69, 9.17) is 0 Å². The van der Waals surface area contributed by atoms with Gasteiger partial charge in [0, 0.05) is 19.0 Å². The Bertz CT molecular complexity index is 297. The molecule has 0 unspecified atom stereocenters. The fourth-order valence-corrected chi connectivity index (χ4v) is 2.70. The lowest BCUT2D eigenvalue weighted by molar-refractivity contribution is -0.136. The van der Waals surface area contributed by atoms with Crippen LogP contribution in [0.4, 0.5) is 0 Å². The summed E-state index contributed by atoms with van der Waals surface area (Å²) in [6.45, 7) is 6.58. The topological polar surface area (TPSA) is 49.4 Å². The van der Waals surface area contributed by atoms with Gasteiger partial charge < -0.3 is 10.2 Å². The van der Waals surface area contributed by atoms with E-state index in [0.717, 1.165) is 12.3 Å². The van der Waals surface area contributed by atoms with Crippen LogP contribution in [0.3, 0.4) is 0 Å². The van der Waals surface area contributed by atoms with Gasteiger partial charge in [-0.05, 0) is 33.1 Å². The molecule has 0 spiro atoms. The number of likely N-dealkylation sites (N-methyl/N-ethyl adjacent to an activating group) is 1. The minimum absolute atomic E-state index is 0.0638. The summed E-state index contributed by atoms with van der Waals surface area (Å²) < 4.78 is 0. The van der Waals surface area contributed by atoms with Crippen LogP contribution in [-0.2, 0) is 9.59 Å². The Morgan fingerprint density at radius 3 is 2.42 bits per heavy atom. The minimum Gasteiger partial charge on any atom is -0.352 e. The molecule has 0 bridgehead atoms. The van der Waals surface area contributed by atoms with Gasteiger partial charge in [0.25, 0.3) is 0 Å². The molecule has 1 fully saturated rings. The first-order valence-corrected chi connectivity index (χ1v) is 7.60. The number of hydrogen-bond donors (Lipinski definition) is 1. The van der Waals surface area contributed by atoms with Gasteiger partial charge in [-0.15, -0.1) is 0 Å². The van der Waals surface area contributed by atoms with E-state index in [-0.39, 0.29) is 24.4 Å². The fourth-order valence-electron chi connectivity index (χ4n) is 2.70. The maximum atomic E-state index is 12.1. The van der Waals surface area contributed by atoms with E-state index in [1.54, 1.807) is 4.90 Å². The summed E-state index contributed by atoms with van der Waals surface area (Å²) in [7, 11) is 0. The van der Waals surface area contributed by atoms with Crippen LogP contribution in [0.5, 0.6) is 0 Å². The highest BCUT2D eigenvalue weighted by Crippen LogP contribution is 2.28. The number of nitrogens with one attached hydrogen (secondary N) is 1. The second-order valence-electron chi connectivity index (χ2n) is 5.82. The molecule has 4 nitrogen and oxygen atoms in total. The predicted molar refractivity (Wildman–Crippen MR) is 76.7 cm³/mol. The lowest BCUT2D eigenvalue weighted by atomic mass is 10.0. The van der Waals surface area contributed by atoms with Crippen molar-refractivity contribution in [1.29, 1.82) is 0 Å². The number of carbonyl (C=O) groups is 2. The lowest BCUT2D eigenvalue weighted by Crippen LogP contribution is -2.42. The standard InChI is InChI=1S/C15H28N2O2/c1-4-17(11-14(18)16-12(2)3)15(19)10-9-13-7-5-6-8-13/h12-13H,4-11H2,1-3H3,(H,16,18). The summed E-state index contributed by atoms with van der Waals surface area (Å²) in [5.41, 5.74) is 0. The van der Waals surface area contributed by atoms with Gasteiger partial charge in [0.05, 0.1) is 6.54 Å². The first kappa shape index (κ1) is 16.0. The molecule has 0 radical (unpaired) electrons. The summed E-state index contributed by atoms with van der Waals surface area (Å²) in [5, 5.41) is 2.83. The van der Waals surface area contributed by atoms with Gasteiger partial charge in [0.2, 0.25) is 11.8 Å². The molecule has 110 valence electrons. The smallest absolute Gasteiger partial charge is 0.239 e. The molecule has 1 aliphatic carbocycles. The molecule has 4 heteroatoms. The number of nitrogens with zero attached hydrogens (tertiary/aromatic N) is 1. The quantitative estimate of drug-likeness (QED) is 0.770. The van der Waals surface area contributed by atoms with Gasteiger partial charge >= 0.3 is 0 Å². The Kier molecular flexibility index (Phi) is 6.89. The molecule has 0 atom stereocenters. The van der Waals surface area contributed by atoms with Crippen LogP contribution in [0, 0.1) is 5.92 Å². The SMILES string of the molecule is CCN(CC(=O)NC(C)C)C(=O)CCC1CCCC1. The van der Waals surface area contributed by atoms with Gasteiger partial charge in [-0.25, -0.2) is 0 Å². The summed E-state index contributed by atoms with van der Waals surface area (Å²) in [5.74, 6) is 0.784. The van der Waals surface area contributed by atoms with E-state index in [2.05, 4.69) is 5.32 Å². The molecule has 0 aromatic carbocycles. The van der Waals surface area contributed by atoms with Crippen molar-refractivity contribution in [2.24, 2.45) is 5.92 Å². The molecule has 0 saturated heterocycles. The number of amides is 2. The van der Waals surface area contributed by atoms with Gasteiger partial charge in [-0.3, -0.25) is 9.59 Å². The molecule has 0 heterocycles. The average molecular weight is 268 g/mol. The zero-order valence-corrected chi connectivity index (χ0v) is 12.6. The maximum Gasteiger partial charge on any atom is 0.239 e. The molecular formula is C15H28N2O2. The van der Waals surface area contributed by atoms with E-state index in [9.17, 15) is 9.59 Å². The van der Waals surface area contributed by atoms with Gasteiger partial charge in [0.1, 0.15) is 0 Å². The van der Waals surface area contributed by atoms with Crippen molar-refractivity contribution < 1.29 is 9.59 Å². The molecule has 19 heavy (non-hydrogen) atoms. The second-order valence-corrected chi connectivity index (χ2v) is 5.82. The van der Waals surface area contributed by atoms with Gasteiger partial charge in [0.15, 0.2) is 0 Å². The molecule has 0 aromatic heterocycles. The Morgan fingerprint density at radius 2 is 1.89 bits per heavy atom. The monoisotopic (exact) mass is 268 g/mol. The van der Waals surface area contributed by atoms with E-state index in [0.29, 0.717) is 13.0 Å². The van der Waals surface area contributed by atoms with Crippen LogP contribution in [0.1, 0.15) is 59.3 Å².